The number of phenolic OH excluding ortho intramolecular Hbond substituents is 2. The topological polar surface area (TPSA) is 116 Å². The van der Waals surface area contributed by atoms with Crippen LogP contribution in [0.15, 0.2) is 123 Å². The molecule has 0 saturated heterocycles. The fraction of sp³-hybridized carbons (Fsp3) is 0.205. The van der Waals surface area contributed by atoms with Gasteiger partial charge in [0.25, 0.3) is 4.20 Å². The summed E-state index contributed by atoms with van der Waals surface area (Å²) in [4.78, 5) is 0. The molecular formula is C39H32Br3F7O7S3. The van der Waals surface area contributed by atoms with Gasteiger partial charge in [-0.05, 0) is 134 Å². The van der Waals surface area contributed by atoms with Crippen LogP contribution in [0, 0.1) is 13.8 Å². The van der Waals surface area contributed by atoms with Crippen LogP contribution in [0.1, 0.15) is 34.2 Å². The third-order valence-corrected chi connectivity index (χ3v) is 12.1. The van der Waals surface area contributed by atoms with E-state index < -0.39 is 27.8 Å². The van der Waals surface area contributed by atoms with Crippen LogP contribution in [-0.2, 0) is 33.7 Å². The largest absolute Gasteiger partial charge is 0.741 e. The Kier molecular flexibility index (Phi) is 18.6. The molecule has 0 unspecified atom stereocenters. The second-order valence-corrected chi connectivity index (χ2v) is 18.5. The van der Waals surface area contributed by atoms with Crippen molar-refractivity contribution in [2.24, 2.45) is 0 Å². The first-order valence-corrected chi connectivity index (χ1v) is 22.3. The van der Waals surface area contributed by atoms with Gasteiger partial charge < -0.3 is 24.2 Å². The number of hydrogen-bond donors (Lipinski definition) is 2. The average molecular weight is 1080 g/mol. The number of ether oxygens (including phenoxy) is 2. The van der Waals surface area contributed by atoms with E-state index in [0.29, 0.717) is 14.5 Å². The summed E-state index contributed by atoms with van der Waals surface area (Å²) in [7, 11) is -6.09. The highest BCUT2D eigenvalue weighted by Crippen LogP contribution is 2.37. The Morgan fingerprint density at radius 3 is 1.56 bits per heavy atom. The smallest absolute Gasteiger partial charge is 0.485 e. The molecule has 7 nitrogen and oxygen atoms in total. The molecule has 0 saturated carbocycles. The minimum atomic E-state index is -6.09. The van der Waals surface area contributed by atoms with Gasteiger partial charge in [-0.3, -0.25) is 0 Å². The molecule has 0 amide bonds. The van der Waals surface area contributed by atoms with Gasteiger partial charge in [-0.15, -0.1) is 0 Å². The van der Waals surface area contributed by atoms with Gasteiger partial charge in [-0.1, -0.05) is 59.6 Å². The molecule has 318 valence electrons. The summed E-state index contributed by atoms with van der Waals surface area (Å²) in [5, 5.41) is 17.8. The van der Waals surface area contributed by atoms with Gasteiger partial charge in [0.05, 0.1) is 11.1 Å². The first kappa shape index (κ1) is 50.0. The zero-order chi connectivity index (χ0) is 44.2. The molecule has 1 heterocycles. The SMILES string of the molecule is Brc1ccc(C2=[S+]CCCS2)cc1.Cc1cc(O)ccc1O.Cc1cc(OC(F)(F)c2ccc(Br)cc2)ccc1OC(F)(F)c1ccc(Br)cc1.O=S(=O)([O-])C(F)(F)F. The maximum Gasteiger partial charge on any atom is 0.485 e. The lowest BCUT2D eigenvalue weighted by Gasteiger charge is -2.21. The number of phenols is 2. The molecule has 2 N–H and O–H groups in total. The number of benzene rings is 5. The summed E-state index contributed by atoms with van der Waals surface area (Å²) in [5.41, 5.74) is -4.02. The zero-order valence-electron chi connectivity index (χ0n) is 30.5. The van der Waals surface area contributed by atoms with Crippen LogP contribution in [0.5, 0.6) is 23.0 Å². The number of alkyl halides is 7. The predicted octanol–water partition coefficient (Wildman–Crippen LogP) is 12.4. The van der Waals surface area contributed by atoms with Crippen molar-refractivity contribution in [3.05, 3.63) is 150 Å². The number of hydrogen-bond acceptors (Lipinski definition) is 8. The minimum Gasteiger partial charge on any atom is -0.741 e. The Morgan fingerprint density at radius 2 is 1.15 bits per heavy atom. The molecule has 0 fully saturated rings. The van der Waals surface area contributed by atoms with E-state index in [9.17, 15) is 30.7 Å². The summed E-state index contributed by atoms with van der Waals surface area (Å²) >= 11 is 13.8. The molecular weight excluding hydrogens is 1050 g/mol. The Balaban J connectivity index is 0.000000252. The van der Waals surface area contributed by atoms with Crippen LogP contribution in [0.2, 0.25) is 0 Å². The maximum atomic E-state index is 14.4. The Hall–Kier alpha value is -3.40. The molecule has 1 aliphatic heterocycles. The van der Waals surface area contributed by atoms with Gasteiger partial charge in [-0.2, -0.15) is 30.7 Å². The number of thioether (sulfide) groups is 1. The lowest BCUT2D eigenvalue weighted by molar-refractivity contribution is -0.188. The van der Waals surface area contributed by atoms with E-state index in [1.165, 1.54) is 113 Å². The van der Waals surface area contributed by atoms with Crippen molar-refractivity contribution in [3.8, 4) is 23.0 Å². The lowest BCUT2D eigenvalue weighted by atomic mass is 10.2. The van der Waals surface area contributed by atoms with Gasteiger partial charge in [0.15, 0.2) is 27.2 Å². The lowest BCUT2D eigenvalue weighted by Crippen LogP contribution is -2.23. The molecule has 20 heteroatoms. The predicted molar refractivity (Wildman–Crippen MR) is 226 cm³/mol. The molecule has 5 aromatic carbocycles. The van der Waals surface area contributed by atoms with Crippen LogP contribution < -0.4 is 9.47 Å². The van der Waals surface area contributed by atoms with Crippen LogP contribution in [0.4, 0.5) is 30.7 Å². The van der Waals surface area contributed by atoms with Crippen molar-refractivity contribution in [2.45, 2.75) is 38.0 Å². The Labute approximate surface area is 369 Å². The third kappa shape index (κ3) is 16.5. The van der Waals surface area contributed by atoms with E-state index in [4.69, 9.17) is 32.7 Å². The molecule has 0 atom stereocenters. The molecule has 0 aliphatic carbocycles. The van der Waals surface area contributed by atoms with Crippen LogP contribution in [0.3, 0.4) is 0 Å². The van der Waals surface area contributed by atoms with E-state index in [0.717, 1.165) is 10.5 Å². The van der Waals surface area contributed by atoms with Crippen LogP contribution >= 0.6 is 59.6 Å². The first-order valence-electron chi connectivity index (χ1n) is 16.5. The van der Waals surface area contributed by atoms with E-state index in [1.54, 1.807) is 6.92 Å². The van der Waals surface area contributed by atoms with Crippen LogP contribution in [-0.4, -0.2) is 44.4 Å². The summed E-state index contributed by atoms with van der Waals surface area (Å²) in [5.74, 6) is 2.64. The van der Waals surface area contributed by atoms with Crippen molar-refractivity contribution in [3.63, 3.8) is 0 Å². The van der Waals surface area contributed by atoms with Crippen molar-refractivity contribution in [2.75, 3.05) is 11.5 Å². The van der Waals surface area contributed by atoms with E-state index in [-0.39, 0.29) is 39.7 Å². The fourth-order valence-corrected chi connectivity index (χ4v) is 7.68. The third-order valence-electron chi connectivity index (χ3n) is 7.29. The number of aryl methyl sites for hydroxylation is 2. The van der Waals surface area contributed by atoms with Gasteiger partial charge in [0.1, 0.15) is 23.0 Å². The van der Waals surface area contributed by atoms with E-state index in [2.05, 4.69) is 72.1 Å². The molecule has 1 aliphatic rings. The van der Waals surface area contributed by atoms with Crippen molar-refractivity contribution < 1.29 is 63.4 Å². The molecule has 6 rings (SSSR count). The molecule has 0 spiro atoms. The van der Waals surface area contributed by atoms with Crippen molar-refractivity contribution in [1.82, 2.24) is 0 Å². The molecule has 0 bridgehead atoms. The summed E-state index contributed by atoms with van der Waals surface area (Å²) in [6.07, 6.45) is -5.83. The molecule has 59 heavy (non-hydrogen) atoms. The number of halogens is 10. The van der Waals surface area contributed by atoms with E-state index >= 15 is 0 Å². The number of aromatic hydroxyl groups is 2. The van der Waals surface area contributed by atoms with Crippen molar-refractivity contribution in [1.29, 1.82) is 0 Å². The summed E-state index contributed by atoms with van der Waals surface area (Å²) in [6, 6.07) is 27.4. The highest BCUT2D eigenvalue weighted by atomic mass is 79.9. The van der Waals surface area contributed by atoms with Crippen LogP contribution in [0.25, 0.3) is 0 Å². The van der Waals surface area contributed by atoms with Gasteiger partial charge in [-0.25, -0.2) is 8.42 Å². The Morgan fingerprint density at radius 1 is 0.678 bits per heavy atom. The monoisotopic (exact) mass is 1080 g/mol. The number of rotatable bonds is 7. The first-order chi connectivity index (χ1) is 27.4. The minimum absolute atomic E-state index is 0.141. The summed E-state index contributed by atoms with van der Waals surface area (Å²) < 4.78 is 130. The standard InChI is InChI=1S/C21H14Br2F4O2.C10H10BrS2.C7H8O2.CHF3O3S/c1-13-12-18(28-20(24,25)14-2-6-16(22)7-3-14)10-11-19(13)29-21(26,27)15-4-8-17(23)9-5-15;11-9-4-2-8(3-5-9)10-12-6-1-7-13-10;1-5-4-6(8)2-3-7(5)9;2-1(3,4)8(5,6)7/h2-12H,1H3;2-5H,1,6-7H2;2-4,8-9H,1H3;(H,5,6,7)/q;+1;;/p-1. The quantitative estimate of drug-likeness (QED) is 0.0413. The highest BCUT2D eigenvalue weighted by Gasteiger charge is 2.38. The summed E-state index contributed by atoms with van der Waals surface area (Å²) in [6.45, 7) is 3.20. The average Bonchev–Trinajstić information content (AvgIpc) is 3.15. The fourth-order valence-electron chi connectivity index (χ4n) is 4.31. The van der Waals surface area contributed by atoms with Crippen molar-refractivity contribution >= 4 is 85.2 Å². The maximum absolute atomic E-state index is 14.4. The van der Waals surface area contributed by atoms with E-state index in [1.807, 2.05) is 23.1 Å². The molecule has 0 radical (unpaired) electrons. The highest BCUT2D eigenvalue weighted by molar-refractivity contribution is 9.11. The Bertz CT molecular complexity index is 2280. The second kappa shape index (κ2) is 21.9. The normalized spacial score (nSPS) is 12.9. The molecule has 5 aromatic rings. The van der Waals surface area contributed by atoms with Gasteiger partial charge >= 0.3 is 17.7 Å². The zero-order valence-corrected chi connectivity index (χ0v) is 37.7. The molecule has 0 aromatic heterocycles. The van der Waals surface area contributed by atoms with Gasteiger partial charge in [0.2, 0.25) is 0 Å². The second-order valence-electron chi connectivity index (χ2n) is 11.9. The van der Waals surface area contributed by atoms with Gasteiger partial charge in [0, 0.05) is 31.2 Å².